The zero-order chi connectivity index (χ0) is 11.8. The average Bonchev–Trinajstić information content (AvgIpc) is 2.73. The predicted octanol–water partition coefficient (Wildman–Crippen LogP) is 2.31. The minimum Gasteiger partial charge on any atom is -0.382 e. The largest absolute Gasteiger partial charge is 0.382 e. The van der Waals surface area contributed by atoms with Gasteiger partial charge in [0.25, 0.3) is 5.89 Å². The van der Waals surface area contributed by atoms with Gasteiger partial charge in [0.05, 0.1) is 18.6 Å². The fraction of sp³-hybridized carbons (Fsp3) is 0.800. The van der Waals surface area contributed by atoms with E-state index in [0.29, 0.717) is 31.5 Å². The monoisotopic (exact) mass is 248 g/mol. The van der Waals surface area contributed by atoms with Gasteiger partial charge in [0.2, 0.25) is 0 Å². The molecular weight excluding hydrogens is 232 g/mol. The lowest BCUT2D eigenvalue weighted by Gasteiger charge is -2.00. The first-order chi connectivity index (χ1) is 7.77. The number of hydrogen-bond donors (Lipinski definition) is 0. The van der Waals surface area contributed by atoms with Crippen LogP contribution >= 0.6 is 11.6 Å². The van der Waals surface area contributed by atoms with Crippen molar-refractivity contribution in [1.82, 2.24) is 10.1 Å². The van der Waals surface area contributed by atoms with Crippen molar-refractivity contribution in [2.24, 2.45) is 0 Å². The van der Waals surface area contributed by atoms with E-state index >= 15 is 0 Å². The van der Waals surface area contributed by atoms with E-state index in [4.69, 9.17) is 25.6 Å². The third-order valence-corrected chi connectivity index (χ3v) is 2.38. The van der Waals surface area contributed by atoms with Gasteiger partial charge in [-0.2, -0.15) is 4.98 Å². The van der Waals surface area contributed by atoms with Gasteiger partial charge in [0, 0.05) is 7.11 Å². The molecule has 1 aromatic rings. The second kappa shape index (κ2) is 7.60. The van der Waals surface area contributed by atoms with E-state index in [2.05, 4.69) is 17.1 Å². The van der Waals surface area contributed by atoms with Gasteiger partial charge in [-0.3, -0.25) is 0 Å². The molecule has 0 aromatic carbocycles. The Balaban J connectivity index is 2.33. The second-order valence-corrected chi connectivity index (χ2v) is 3.87. The summed E-state index contributed by atoms with van der Waals surface area (Å²) in [5, 5.41) is 3.63. The average molecular weight is 249 g/mol. The minimum atomic E-state index is -0.179. The normalized spacial score (nSPS) is 12.9. The molecule has 0 saturated carbocycles. The summed E-state index contributed by atoms with van der Waals surface area (Å²) in [7, 11) is 1.62. The maximum atomic E-state index is 6.06. The molecule has 0 N–H and O–H groups in total. The number of methoxy groups -OCH3 is 1. The van der Waals surface area contributed by atoms with E-state index in [-0.39, 0.29) is 5.38 Å². The van der Waals surface area contributed by atoms with Crippen LogP contribution in [0.5, 0.6) is 0 Å². The lowest BCUT2D eigenvalue weighted by molar-refractivity contribution is 0.0494. The van der Waals surface area contributed by atoms with E-state index in [0.717, 1.165) is 12.8 Å². The van der Waals surface area contributed by atoms with Crippen molar-refractivity contribution in [2.75, 3.05) is 20.3 Å². The van der Waals surface area contributed by atoms with Gasteiger partial charge in [-0.1, -0.05) is 18.5 Å². The van der Waals surface area contributed by atoms with Gasteiger partial charge in [-0.05, 0) is 6.42 Å². The predicted molar refractivity (Wildman–Crippen MR) is 59.3 cm³/mol. The molecule has 0 spiro atoms. The molecule has 0 aliphatic carbocycles. The van der Waals surface area contributed by atoms with Crippen LogP contribution in [0.3, 0.4) is 0 Å². The third-order valence-electron chi connectivity index (χ3n) is 1.96. The Hall–Kier alpha value is -0.650. The highest BCUT2D eigenvalue weighted by atomic mass is 35.5. The Bertz CT molecular complexity index is 293. The fourth-order valence-electron chi connectivity index (χ4n) is 1.14. The summed E-state index contributed by atoms with van der Waals surface area (Å²) in [5.41, 5.74) is 0. The van der Waals surface area contributed by atoms with Crippen LogP contribution in [0, 0.1) is 0 Å². The first-order valence-corrected chi connectivity index (χ1v) is 5.74. The first kappa shape index (κ1) is 13.4. The van der Waals surface area contributed by atoms with E-state index in [1.807, 2.05) is 0 Å². The van der Waals surface area contributed by atoms with Crippen LogP contribution in [0.4, 0.5) is 0 Å². The molecule has 5 nitrogen and oxygen atoms in total. The SMILES string of the molecule is CCCC(Cl)c1noc(COCCOC)n1. The van der Waals surface area contributed by atoms with Crippen molar-refractivity contribution < 1.29 is 14.0 Å². The maximum absolute atomic E-state index is 6.06. The summed E-state index contributed by atoms with van der Waals surface area (Å²) in [4.78, 5) is 4.15. The van der Waals surface area contributed by atoms with Gasteiger partial charge >= 0.3 is 0 Å². The Morgan fingerprint density at radius 1 is 1.44 bits per heavy atom. The van der Waals surface area contributed by atoms with Crippen molar-refractivity contribution in [2.45, 2.75) is 31.7 Å². The molecule has 92 valence electrons. The van der Waals surface area contributed by atoms with Crippen LogP contribution in [0.2, 0.25) is 0 Å². The lowest BCUT2D eigenvalue weighted by Crippen LogP contribution is -2.02. The number of alkyl halides is 1. The van der Waals surface area contributed by atoms with E-state index in [1.165, 1.54) is 0 Å². The topological polar surface area (TPSA) is 57.4 Å². The van der Waals surface area contributed by atoms with Crippen molar-refractivity contribution in [1.29, 1.82) is 0 Å². The fourth-order valence-corrected chi connectivity index (χ4v) is 1.45. The Kier molecular flexibility index (Phi) is 6.37. The summed E-state index contributed by atoms with van der Waals surface area (Å²) in [6.45, 7) is 3.42. The van der Waals surface area contributed by atoms with Crippen LogP contribution < -0.4 is 0 Å². The number of halogens is 1. The van der Waals surface area contributed by atoms with E-state index in [1.54, 1.807) is 7.11 Å². The van der Waals surface area contributed by atoms with Crippen LogP contribution in [-0.2, 0) is 16.1 Å². The Morgan fingerprint density at radius 2 is 2.25 bits per heavy atom. The molecule has 0 radical (unpaired) electrons. The van der Waals surface area contributed by atoms with Gasteiger partial charge < -0.3 is 14.0 Å². The van der Waals surface area contributed by atoms with Crippen LogP contribution in [0.25, 0.3) is 0 Å². The molecule has 0 aliphatic rings. The number of ether oxygens (including phenoxy) is 2. The maximum Gasteiger partial charge on any atom is 0.252 e. The molecule has 16 heavy (non-hydrogen) atoms. The lowest BCUT2D eigenvalue weighted by atomic mass is 10.2. The van der Waals surface area contributed by atoms with Crippen LogP contribution in [0.1, 0.15) is 36.9 Å². The van der Waals surface area contributed by atoms with Gasteiger partial charge in [0.15, 0.2) is 5.82 Å². The molecule has 0 amide bonds. The van der Waals surface area contributed by atoms with Crippen molar-refractivity contribution >= 4 is 11.6 Å². The third kappa shape index (κ3) is 4.47. The second-order valence-electron chi connectivity index (χ2n) is 3.35. The minimum absolute atomic E-state index is 0.179. The zero-order valence-corrected chi connectivity index (χ0v) is 10.4. The molecule has 1 atom stereocenters. The quantitative estimate of drug-likeness (QED) is 0.522. The molecule has 1 rings (SSSR count). The standard InChI is InChI=1S/C10H17ClN2O3/c1-3-4-8(11)10-12-9(16-13-10)7-15-6-5-14-2/h8H,3-7H2,1-2H3. The highest BCUT2D eigenvalue weighted by Gasteiger charge is 2.14. The van der Waals surface area contributed by atoms with Gasteiger partial charge in [-0.25, -0.2) is 0 Å². The van der Waals surface area contributed by atoms with Crippen molar-refractivity contribution in [3.05, 3.63) is 11.7 Å². The Labute approximate surface area is 100 Å². The number of aromatic nitrogens is 2. The summed E-state index contributed by atoms with van der Waals surface area (Å²) < 4.78 is 15.1. The summed E-state index contributed by atoms with van der Waals surface area (Å²) in [5.74, 6) is 0.988. The summed E-state index contributed by atoms with van der Waals surface area (Å²) in [6.07, 6.45) is 1.83. The summed E-state index contributed by atoms with van der Waals surface area (Å²) >= 11 is 6.06. The van der Waals surface area contributed by atoms with Crippen LogP contribution in [-0.4, -0.2) is 30.5 Å². The number of nitrogens with zero attached hydrogens (tertiary/aromatic N) is 2. The Morgan fingerprint density at radius 3 is 2.94 bits per heavy atom. The molecule has 1 unspecified atom stereocenters. The molecule has 0 bridgehead atoms. The number of rotatable bonds is 8. The molecule has 6 heteroatoms. The molecule has 0 saturated heterocycles. The van der Waals surface area contributed by atoms with Gasteiger partial charge in [-0.15, -0.1) is 11.6 Å². The van der Waals surface area contributed by atoms with E-state index < -0.39 is 0 Å². The molecule has 0 fully saturated rings. The highest BCUT2D eigenvalue weighted by Crippen LogP contribution is 2.22. The molecule has 1 aromatic heterocycles. The molecule has 1 heterocycles. The molecule has 0 aliphatic heterocycles. The smallest absolute Gasteiger partial charge is 0.252 e. The van der Waals surface area contributed by atoms with Crippen molar-refractivity contribution in [3.63, 3.8) is 0 Å². The highest BCUT2D eigenvalue weighted by molar-refractivity contribution is 6.20. The van der Waals surface area contributed by atoms with Crippen LogP contribution in [0.15, 0.2) is 4.52 Å². The zero-order valence-electron chi connectivity index (χ0n) is 9.61. The van der Waals surface area contributed by atoms with Gasteiger partial charge in [0.1, 0.15) is 6.61 Å². The number of hydrogen-bond acceptors (Lipinski definition) is 5. The van der Waals surface area contributed by atoms with Crippen molar-refractivity contribution in [3.8, 4) is 0 Å². The first-order valence-electron chi connectivity index (χ1n) is 5.31. The van der Waals surface area contributed by atoms with E-state index in [9.17, 15) is 0 Å². The molecular formula is C10H17ClN2O3. The summed E-state index contributed by atoms with van der Waals surface area (Å²) in [6, 6.07) is 0.